The standard InChI is InChI=1S/C22H25N3O3S/c1-14-5-10-19(23-11-14)24-20(26)13-29-22-16(3)15(2)21(27)25(22)12-17-6-8-18(28-4)9-7-17/h5-11,27H,12-13H2,1-4H3,(H,23,24,26). The normalized spacial score (nSPS) is 10.8. The van der Waals surface area contributed by atoms with Crippen molar-refractivity contribution in [1.82, 2.24) is 9.55 Å². The number of hydrogen-bond acceptors (Lipinski definition) is 5. The van der Waals surface area contributed by atoms with Crippen molar-refractivity contribution in [2.45, 2.75) is 32.3 Å². The molecule has 0 fully saturated rings. The molecule has 1 aromatic carbocycles. The number of pyridine rings is 1. The van der Waals surface area contributed by atoms with Crippen LogP contribution in [-0.2, 0) is 11.3 Å². The van der Waals surface area contributed by atoms with Crippen molar-refractivity contribution in [2.24, 2.45) is 0 Å². The van der Waals surface area contributed by atoms with Gasteiger partial charge in [-0.05, 0) is 55.7 Å². The summed E-state index contributed by atoms with van der Waals surface area (Å²) in [4.78, 5) is 16.6. The minimum atomic E-state index is -0.139. The molecule has 0 radical (unpaired) electrons. The number of nitrogens with zero attached hydrogens (tertiary/aromatic N) is 2. The van der Waals surface area contributed by atoms with Gasteiger partial charge in [-0.2, -0.15) is 0 Å². The third-order valence-electron chi connectivity index (χ3n) is 4.74. The van der Waals surface area contributed by atoms with Gasteiger partial charge in [0.2, 0.25) is 5.91 Å². The topological polar surface area (TPSA) is 76.4 Å². The lowest BCUT2D eigenvalue weighted by Gasteiger charge is -2.12. The van der Waals surface area contributed by atoms with Crippen LogP contribution in [0.25, 0.3) is 0 Å². The number of benzene rings is 1. The highest BCUT2D eigenvalue weighted by atomic mass is 32.2. The number of hydrogen-bond donors (Lipinski definition) is 2. The minimum absolute atomic E-state index is 0.139. The van der Waals surface area contributed by atoms with E-state index in [9.17, 15) is 9.90 Å². The largest absolute Gasteiger partial charge is 0.497 e. The van der Waals surface area contributed by atoms with Crippen LogP contribution in [0.15, 0.2) is 47.6 Å². The summed E-state index contributed by atoms with van der Waals surface area (Å²) in [6, 6.07) is 11.4. The third-order valence-corrected chi connectivity index (χ3v) is 5.94. The molecule has 0 atom stereocenters. The van der Waals surface area contributed by atoms with Crippen molar-refractivity contribution in [3.05, 3.63) is 64.8 Å². The Hall–Kier alpha value is -2.93. The van der Waals surface area contributed by atoms with E-state index in [2.05, 4.69) is 10.3 Å². The summed E-state index contributed by atoms with van der Waals surface area (Å²) in [6.07, 6.45) is 1.72. The molecule has 0 aliphatic rings. The highest BCUT2D eigenvalue weighted by Crippen LogP contribution is 2.35. The number of carbonyl (C=O) groups excluding carboxylic acids is 1. The van der Waals surface area contributed by atoms with Gasteiger partial charge >= 0.3 is 0 Å². The number of nitrogens with one attached hydrogen (secondary N) is 1. The Morgan fingerprint density at radius 3 is 2.48 bits per heavy atom. The maximum atomic E-state index is 12.4. The van der Waals surface area contributed by atoms with E-state index in [0.717, 1.165) is 33.0 Å². The van der Waals surface area contributed by atoms with Crippen LogP contribution in [0.4, 0.5) is 5.82 Å². The second kappa shape index (κ2) is 9.05. The van der Waals surface area contributed by atoms with Crippen LogP contribution in [-0.4, -0.2) is 33.4 Å². The van der Waals surface area contributed by atoms with Crippen molar-refractivity contribution in [2.75, 3.05) is 18.2 Å². The molecule has 29 heavy (non-hydrogen) atoms. The molecule has 0 aliphatic carbocycles. The van der Waals surface area contributed by atoms with Gasteiger partial charge in [-0.25, -0.2) is 4.98 Å². The Kier molecular flexibility index (Phi) is 6.49. The molecule has 3 aromatic rings. The molecule has 152 valence electrons. The van der Waals surface area contributed by atoms with Crippen LogP contribution in [0.3, 0.4) is 0 Å². The Morgan fingerprint density at radius 2 is 1.86 bits per heavy atom. The van der Waals surface area contributed by atoms with E-state index in [1.807, 2.05) is 55.7 Å². The first-order valence-corrected chi connectivity index (χ1v) is 10.2. The number of aromatic nitrogens is 2. The van der Waals surface area contributed by atoms with Gasteiger partial charge in [-0.15, -0.1) is 0 Å². The SMILES string of the molecule is COc1ccc(Cn2c(O)c(C)c(C)c2SCC(=O)Nc2ccc(C)cn2)cc1. The monoisotopic (exact) mass is 411 g/mol. The maximum Gasteiger partial charge on any atom is 0.235 e. The Balaban J connectivity index is 1.73. The zero-order valence-electron chi connectivity index (χ0n) is 17.0. The maximum absolute atomic E-state index is 12.4. The Bertz CT molecular complexity index is 996. The van der Waals surface area contributed by atoms with E-state index < -0.39 is 0 Å². The van der Waals surface area contributed by atoms with Crippen molar-refractivity contribution in [1.29, 1.82) is 0 Å². The molecule has 6 nitrogen and oxygen atoms in total. The average molecular weight is 412 g/mol. The van der Waals surface area contributed by atoms with Gasteiger partial charge in [0.25, 0.3) is 0 Å². The van der Waals surface area contributed by atoms with Crippen LogP contribution in [0.1, 0.15) is 22.3 Å². The van der Waals surface area contributed by atoms with Crippen molar-refractivity contribution in [3.8, 4) is 11.6 Å². The summed E-state index contributed by atoms with van der Waals surface area (Å²) in [5.74, 6) is 1.63. The van der Waals surface area contributed by atoms with Crippen LogP contribution < -0.4 is 10.1 Å². The fourth-order valence-electron chi connectivity index (χ4n) is 2.93. The zero-order valence-corrected chi connectivity index (χ0v) is 17.8. The molecule has 0 spiro atoms. The molecule has 0 saturated heterocycles. The average Bonchev–Trinajstić information content (AvgIpc) is 2.92. The molecule has 0 bridgehead atoms. The highest BCUT2D eigenvalue weighted by molar-refractivity contribution is 8.00. The number of thioether (sulfide) groups is 1. The van der Waals surface area contributed by atoms with Gasteiger partial charge in [-0.3, -0.25) is 4.79 Å². The zero-order chi connectivity index (χ0) is 21.0. The highest BCUT2D eigenvalue weighted by Gasteiger charge is 2.19. The number of methoxy groups -OCH3 is 1. The van der Waals surface area contributed by atoms with Gasteiger partial charge in [0.1, 0.15) is 11.6 Å². The lowest BCUT2D eigenvalue weighted by Crippen LogP contribution is -2.15. The molecular weight excluding hydrogens is 386 g/mol. The van der Waals surface area contributed by atoms with E-state index in [-0.39, 0.29) is 17.5 Å². The van der Waals surface area contributed by atoms with Gasteiger partial charge in [-0.1, -0.05) is 30.0 Å². The summed E-state index contributed by atoms with van der Waals surface area (Å²) < 4.78 is 7.04. The Morgan fingerprint density at radius 1 is 1.14 bits per heavy atom. The van der Waals surface area contributed by atoms with Gasteiger partial charge in [0.15, 0.2) is 5.88 Å². The molecule has 0 saturated carbocycles. The van der Waals surface area contributed by atoms with E-state index in [4.69, 9.17) is 4.74 Å². The number of ether oxygens (including phenoxy) is 1. The summed E-state index contributed by atoms with van der Waals surface area (Å²) in [6.45, 7) is 6.30. The number of aromatic hydroxyl groups is 1. The number of rotatable bonds is 7. The molecule has 7 heteroatoms. The number of carbonyl (C=O) groups is 1. The van der Waals surface area contributed by atoms with Crippen molar-refractivity contribution < 1.29 is 14.6 Å². The van der Waals surface area contributed by atoms with Crippen LogP contribution in [0, 0.1) is 20.8 Å². The predicted octanol–water partition coefficient (Wildman–Crippen LogP) is 4.30. The second-order valence-corrected chi connectivity index (χ2v) is 7.83. The van der Waals surface area contributed by atoms with Crippen LogP contribution in [0.5, 0.6) is 11.6 Å². The molecule has 2 N–H and O–H groups in total. The number of amides is 1. The lowest BCUT2D eigenvalue weighted by atomic mass is 10.2. The van der Waals surface area contributed by atoms with Gasteiger partial charge < -0.3 is 19.7 Å². The fraction of sp³-hybridized carbons (Fsp3) is 0.273. The van der Waals surface area contributed by atoms with Gasteiger partial charge in [0, 0.05) is 11.8 Å². The molecule has 3 rings (SSSR count). The molecule has 2 aromatic heterocycles. The smallest absolute Gasteiger partial charge is 0.235 e. The van der Waals surface area contributed by atoms with Crippen molar-refractivity contribution in [3.63, 3.8) is 0 Å². The first-order valence-electron chi connectivity index (χ1n) is 9.26. The molecule has 0 aliphatic heterocycles. The third kappa shape index (κ3) is 4.92. The molecular formula is C22H25N3O3S. The summed E-state index contributed by atoms with van der Waals surface area (Å²) >= 11 is 1.40. The van der Waals surface area contributed by atoms with Gasteiger partial charge in [0.05, 0.1) is 24.4 Å². The summed E-state index contributed by atoms with van der Waals surface area (Å²) in [5, 5.41) is 14.3. The molecule has 0 unspecified atom stereocenters. The fourth-order valence-corrected chi connectivity index (χ4v) is 3.95. The first-order chi connectivity index (χ1) is 13.9. The van der Waals surface area contributed by atoms with Crippen LogP contribution in [0.2, 0.25) is 0 Å². The van der Waals surface area contributed by atoms with E-state index in [1.54, 1.807) is 19.4 Å². The Labute approximate surface area is 174 Å². The van der Waals surface area contributed by atoms with E-state index in [1.165, 1.54) is 11.8 Å². The van der Waals surface area contributed by atoms with E-state index in [0.29, 0.717) is 12.4 Å². The molecule has 1 amide bonds. The molecule has 2 heterocycles. The predicted molar refractivity (Wildman–Crippen MR) is 116 cm³/mol. The summed E-state index contributed by atoms with van der Waals surface area (Å²) in [7, 11) is 1.63. The van der Waals surface area contributed by atoms with Crippen LogP contribution >= 0.6 is 11.8 Å². The minimum Gasteiger partial charge on any atom is -0.497 e. The quantitative estimate of drug-likeness (QED) is 0.567. The van der Waals surface area contributed by atoms with Crippen molar-refractivity contribution >= 4 is 23.5 Å². The number of anilines is 1. The van der Waals surface area contributed by atoms with E-state index >= 15 is 0 Å². The lowest BCUT2D eigenvalue weighted by molar-refractivity contribution is -0.113. The number of aryl methyl sites for hydroxylation is 1. The first kappa shape index (κ1) is 20.8. The summed E-state index contributed by atoms with van der Waals surface area (Å²) in [5.41, 5.74) is 3.87. The second-order valence-electron chi connectivity index (χ2n) is 6.87.